The van der Waals surface area contributed by atoms with E-state index in [2.05, 4.69) is 16.5 Å². The van der Waals surface area contributed by atoms with Crippen LogP contribution >= 0.6 is 0 Å². The van der Waals surface area contributed by atoms with Crippen molar-refractivity contribution < 1.29 is 9.53 Å². The van der Waals surface area contributed by atoms with Crippen LogP contribution < -0.4 is 10.1 Å². The fourth-order valence-corrected chi connectivity index (χ4v) is 2.54. The molecule has 1 heterocycles. The average Bonchev–Trinajstić information content (AvgIpc) is 2.98. The Kier molecular flexibility index (Phi) is 4.29. The predicted octanol–water partition coefficient (Wildman–Crippen LogP) is 2.10. The average molecular weight is 310 g/mol. The summed E-state index contributed by atoms with van der Waals surface area (Å²) < 4.78 is 6.93. The summed E-state index contributed by atoms with van der Waals surface area (Å²) in [5, 5.41) is 16.4. The summed E-state index contributed by atoms with van der Waals surface area (Å²) >= 11 is 0. The number of nitrogens with zero attached hydrogens (tertiary/aromatic N) is 3. The van der Waals surface area contributed by atoms with E-state index in [4.69, 9.17) is 10.00 Å². The summed E-state index contributed by atoms with van der Waals surface area (Å²) in [6, 6.07) is 9.43. The van der Waals surface area contributed by atoms with Gasteiger partial charge in [0.05, 0.1) is 24.4 Å². The Morgan fingerprint density at radius 2 is 2.30 bits per heavy atom. The van der Waals surface area contributed by atoms with E-state index in [1.807, 2.05) is 6.07 Å². The lowest BCUT2D eigenvalue weighted by atomic mass is 9.93. The lowest BCUT2D eigenvalue weighted by molar-refractivity contribution is -0.123. The topological polar surface area (TPSA) is 79.9 Å². The predicted molar refractivity (Wildman–Crippen MR) is 84.7 cm³/mol. The van der Waals surface area contributed by atoms with Gasteiger partial charge in [-0.2, -0.15) is 10.4 Å². The molecule has 0 saturated heterocycles. The fraction of sp³-hybridized carbons (Fsp3) is 0.353. The van der Waals surface area contributed by atoms with Crippen LogP contribution in [0.15, 0.2) is 30.5 Å². The highest BCUT2D eigenvalue weighted by Crippen LogP contribution is 2.29. The molecule has 1 aliphatic carbocycles. The molecule has 1 saturated carbocycles. The number of ether oxygens (including phenoxy) is 1. The van der Waals surface area contributed by atoms with Gasteiger partial charge in [0.25, 0.3) is 0 Å². The number of aromatic nitrogens is 2. The number of nitrogens with one attached hydrogen (secondary N) is 1. The van der Waals surface area contributed by atoms with Crippen molar-refractivity contribution in [3.63, 3.8) is 0 Å². The van der Waals surface area contributed by atoms with Gasteiger partial charge in [-0.25, -0.2) is 0 Å². The second-order valence-electron chi connectivity index (χ2n) is 5.62. The first kappa shape index (κ1) is 15.1. The number of nitriles is 1. The molecule has 2 aromatic rings. The first-order chi connectivity index (χ1) is 11.2. The molecule has 0 radical (unpaired) electrons. The number of rotatable bonds is 5. The van der Waals surface area contributed by atoms with Gasteiger partial charge in [0, 0.05) is 17.8 Å². The van der Waals surface area contributed by atoms with E-state index >= 15 is 0 Å². The Hall–Kier alpha value is -2.81. The van der Waals surface area contributed by atoms with Crippen molar-refractivity contribution in [3.05, 3.63) is 36.0 Å². The quantitative estimate of drug-likeness (QED) is 0.917. The Bertz CT molecular complexity index is 756. The standard InChI is InChI=1S/C17H18N4O2/c1-23-16-6-5-12(10-18)9-14(16)15-7-8-21(20-15)11-17(22)19-13-3-2-4-13/h5-9,13H,2-4,11H2,1H3,(H,19,22). The Morgan fingerprint density at radius 3 is 2.96 bits per heavy atom. The summed E-state index contributed by atoms with van der Waals surface area (Å²) in [6.07, 6.45) is 5.07. The smallest absolute Gasteiger partial charge is 0.241 e. The number of benzene rings is 1. The molecule has 0 unspecified atom stereocenters. The second kappa shape index (κ2) is 6.53. The van der Waals surface area contributed by atoms with Crippen LogP contribution in [-0.4, -0.2) is 28.8 Å². The summed E-state index contributed by atoms with van der Waals surface area (Å²) in [5.74, 6) is 0.621. The van der Waals surface area contributed by atoms with Crippen molar-refractivity contribution >= 4 is 5.91 Å². The first-order valence-corrected chi connectivity index (χ1v) is 7.61. The van der Waals surface area contributed by atoms with Gasteiger partial charge in [0.15, 0.2) is 0 Å². The van der Waals surface area contributed by atoms with E-state index in [0.717, 1.165) is 18.4 Å². The molecule has 0 aliphatic heterocycles. The Balaban J connectivity index is 1.76. The number of methoxy groups -OCH3 is 1. The van der Waals surface area contributed by atoms with Gasteiger partial charge in [-0.1, -0.05) is 0 Å². The van der Waals surface area contributed by atoms with Crippen LogP contribution in [0.4, 0.5) is 0 Å². The number of hydrogen-bond acceptors (Lipinski definition) is 4. The van der Waals surface area contributed by atoms with Gasteiger partial charge in [-0.3, -0.25) is 9.48 Å². The minimum Gasteiger partial charge on any atom is -0.496 e. The highest BCUT2D eigenvalue weighted by Gasteiger charge is 2.19. The van der Waals surface area contributed by atoms with Crippen molar-refractivity contribution in [2.24, 2.45) is 0 Å². The van der Waals surface area contributed by atoms with Crippen molar-refractivity contribution in [1.29, 1.82) is 5.26 Å². The highest BCUT2D eigenvalue weighted by atomic mass is 16.5. The normalized spacial score (nSPS) is 13.9. The highest BCUT2D eigenvalue weighted by molar-refractivity contribution is 5.76. The molecule has 118 valence electrons. The SMILES string of the molecule is COc1ccc(C#N)cc1-c1ccn(CC(=O)NC2CCC2)n1. The molecule has 0 spiro atoms. The van der Waals surface area contributed by atoms with Crippen molar-refractivity contribution in [2.75, 3.05) is 7.11 Å². The third kappa shape index (κ3) is 3.34. The molecule has 6 nitrogen and oxygen atoms in total. The van der Waals surface area contributed by atoms with Crippen LogP contribution in [0.5, 0.6) is 5.75 Å². The molecule has 23 heavy (non-hydrogen) atoms. The number of hydrogen-bond donors (Lipinski definition) is 1. The molecule has 1 fully saturated rings. The summed E-state index contributed by atoms with van der Waals surface area (Å²) in [6.45, 7) is 0.191. The molecule has 0 bridgehead atoms. The zero-order valence-corrected chi connectivity index (χ0v) is 13.0. The first-order valence-electron chi connectivity index (χ1n) is 7.61. The van der Waals surface area contributed by atoms with Gasteiger partial charge in [0.2, 0.25) is 5.91 Å². The largest absolute Gasteiger partial charge is 0.496 e. The number of carbonyl (C=O) groups excluding carboxylic acids is 1. The van der Waals surface area contributed by atoms with Gasteiger partial charge in [0.1, 0.15) is 12.3 Å². The molecule has 1 aliphatic rings. The van der Waals surface area contributed by atoms with Gasteiger partial charge in [-0.15, -0.1) is 0 Å². The van der Waals surface area contributed by atoms with Crippen molar-refractivity contribution in [2.45, 2.75) is 31.8 Å². The van der Waals surface area contributed by atoms with E-state index in [-0.39, 0.29) is 12.5 Å². The molecule has 3 rings (SSSR count). The molecular formula is C17H18N4O2. The van der Waals surface area contributed by atoms with Gasteiger partial charge < -0.3 is 10.1 Å². The lowest BCUT2D eigenvalue weighted by Crippen LogP contribution is -2.41. The van der Waals surface area contributed by atoms with Gasteiger partial charge in [-0.05, 0) is 43.5 Å². The van der Waals surface area contributed by atoms with Crippen LogP contribution in [0.25, 0.3) is 11.3 Å². The zero-order chi connectivity index (χ0) is 16.2. The fourth-order valence-electron chi connectivity index (χ4n) is 2.54. The monoisotopic (exact) mass is 310 g/mol. The second-order valence-corrected chi connectivity index (χ2v) is 5.62. The number of amides is 1. The zero-order valence-electron chi connectivity index (χ0n) is 13.0. The minimum atomic E-state index is -0.0258. The van der Waals surface area contributed by atoms with Crippen molar-refractivity contribution in [1.82, 2.24) is 15.1 Å². The molecule has 1 N–H and O–H groups in total. The van der Waals surface area contributed by atoms with Crippen LogP contribution in [-0.2, 0) is 11.3 Å². The van der Waals surface area contributed by atoms with Crippen LogP contribution in [0, 0.1) is 11.3 Å². The lowest BCUT2D eigenvalue weighted by Gasteiger charge is -2.26. The molecular weight excluding hydrogens is 292 g/mol. The Labute approximate surface area is 134 Å². The Morgan fingerprint density at radius 1 is 1.48 bits per heavy atom. The van der Waals surface area contributed by atoms with Crippen LogP contribution in [0.3, 0.4) is 0 Å². The molecule has 1 aromatic carbocycles. The molecule has 0 atom stereocenters. The van der Waals surface area contributed by atoms with E-state index in [1.165, 1.54) is 6.42 Å². The summed E-state index contributed by atoms with van der Waals surface area (Å²) in [5.41, 5.74) is 1.96. The van der Waals surface area contributed by atoms with E-state index < -0.39 is 0 Å². The molecule has 1 amide bonds. The molecule has 6 heteroatoms. The van der Waals surface area contributed by atoms with Crippen molar-refractivity contribution in [3.8, 4) is 23.1 Å². The third-order valence-electron chi connectivity index (χ3n) is 4.02. The number of carbonyl (C=O) groups is 1. The minimum absolute atomic E-state index is 0.0258. The summed E-state index contributed by atoms with van der Waals surface area (Å²) in [7, 11) is 1.58. The molecule has 1 aromatic heterocycles. The third-order valence-corrected chi connectivity index (χ3v) is 4.02. The maximum atomic E-state index is 11.9. The van der Waals surface area contributed by atoms with Gasteiger partial charge >= 0.3 is 0 Å². The van der Waals surface area contributed by atoms with Crippen LogP contribution in [0.1, 0.15) is 24.8 Å². The maximum Gasteiger partial charge on any atom is 0.241 e. The van der Waals surface area contributed by atoms with E-state index in [9.17, 15) is 4.79 Å². The van der Waals surface area contributed by atoms with E-state index in [0.29, 0.717) is 23.0 Å². The van der Waals surface area contributed by atoms with Crippen LogP contribution in [0.2, 0.25) is 0 Å². The van der Waals surface area contributed by atoms with E-state index in [1.54, 1.807) is 36.2 Å². The maximum absolute atomic E-state index is 11.9. The summed E-state index contributed by atoms with van der Waals surface area (Å²) in [4.78, 5) is 11.9.